The van der Waals surface area contributed by atoms with E-state index >= 15 is 0 Å². The summed E-state index contributed by atoms with van der Waals surface area (Å²) in [6.45, 7) is 12.0. The molecule has 0 spiro atoms. The van der Waals surface area contributed by atoms with E-state index < -0.39 is 34.9 Å². The Morgan fingerprint density at radius 2 is 1.67 bits per heavy atom. The molecule has 10 nitrogen and oxygen atoms in total. The van der Waals surface area contributed by atoms with Crippen molar-refractivity contribution in [2.24, 2.45) is 23.7 Å². The van der Waals surface area contributed by atoms with Gasteiger partial charge in [0.1, 0.15) is 17.1 Å². The van der Waals surface area contributed by atoms with Gasteiger partial charge in [-0.15, -0.1) is 0 Å². The lowest BCUT2D eigenvalue weighted by molar-refractivity contribution is -0.137. The Morgan fingerprint density at radius 3 is 2.35 bits per heavy atom. The number of ether oxygens (including phenoxy) is 1. The summed E-state index contributed by atoms with van der Waals surface area (Å²) in [7, 11) is 0. The highest BCUT2D eigenvalue weighted by molar-refractivity contribution is 5.97. The second-order valence-electron chi connectivity index (χ2n) is 15.9. The van der Waals surface area contributed by atoms with Crippen LogP contribution in [0.5, 0.6) is 0 Å². The van der Waals surface area contributed by atoms with E-state index in [1.807, 2.05) is 27.7 Å². The van der Waals surface area contributed by atoms with Gasteiger partial charge in [-0.05, 0) is 53.9 Å². The molecule has 57 heavy (non-hydrogen) atoms. The van der Waals surface area contributed by atoms with Crippen LogP contribution in [0, 0.1) is 29.5 Å². The van der Waals surface area contributed by atoms with Crippen molar-refractivity contribution in [1.82, 2.24) is 25.8 Å². The monoisotopic (exact) mass is 799 g/mol. The molecule has 1 aliphatic heterocycles. The number of amides is 3. The molecule has 1 aromatic heterocycles. The minimum absolute atomic E-state index is 0.000742. The fourth-order valence-corrected chi connectivity index (χ4v) is 8.14. The normalized spacial score (nSPS) is 19.6. The molecule has 2 unspecified atom stereocenters. The third kappa shape index (κ3) is 11.0. The van der Waals surface area contributed by atoms with Crippen molar-refractivity contribution in [2.45, 2.75) is 90.8 Å². The third-order valence-electron chi connectivity index (χ3n) is 12.2. The summed E-state index contributed by atoms with van der Waals surface area (Å²) in [5.74, 6) is -3.05. The number of benzene rings is 2. The highest BCUT2D eigenvalue weighted by Gasteiger charge is 2.46. The summed E-state index contributed by atoms with van der Waals surface area (Å²) in [5.41, 5.74) is -1.05. The van der Waals surface area contributed by atoms with Gasteiger partial charge in [0.2, 0.25) is 5.91 Å². The van der Waals surface area contributed by atoms with Crippen LogP contribution in [0.25, 0.3) is 10.9 Å². The summed E-state index contributed by atoms with van der Waals surface area (Å²) < 4.78 is 62.2. The Balaban J connectivity index is 1.40. The van der Waals surface area contributed by atoms with E-state index in [1.165, 1.54) is 24.3 Å². The number of nitrogens with zero attached hydrogens (tertiary/aromatic N) is 1. The van der Waals surface area contributed by atoms with Crippen molar-refractivity contribution >= 4 is 34.4 Å². The molecule has 2 heterocycles. The molecule has 1 fully saturated rings. The van der Waals surface area contributed by atoms with Crippen LogP contribution in [-0.2, 0) is 44.6 Å². The number of rotatable bonds is 18. The molecule has 4 N–H and O–H groups in total. The number of hydrogen-bond acceptors (Lipinski definition) is 6. The highest BCUT2D eigenvalue weighted by Crippen LogP contribution is 2.41. The molecule has 0 saturated carbocycles. The van der Waals surface area contributed by atoms with Crippen molar-refractivity contribution in [3.63, 3.8) is 0 Å². The number of carbonyl (C=O) groups is 4. The predicted octanol–water partition coefficient (Wildman–Crippen LogP) is 6.79. The summed E-state index contributed by atoms with van der Waals surface area (Å²) in [5, 5.41) is 9.24. The number of nitrogens with one attached hydrogen (secondary N) is 4. The maximum Gasteiger partial charge on any atom is 0.418 e. The Morgan fingerprint density at radius 1 is 0.947 bits per heavy atom. The average Bonchev–Trinajstić information content (AvgIpc) is 3.56. The van der Waals surface area contributed by atoms with Gasteiger partial charge < -0.3 is 25.7 Å². The Kier molecular flexibility index (Phi) is 14.9. The number of H-pyrrole nitrogens is 1. The summed E-state index contributed by atoms with van der Waals surface area (Å²) in [6, 6.07) is 9.57. The van der Waals surface area contributed by atoms with Crippen molar-refractivity contribution < 1.29 is 41.5 Å². The van der Waals surface area contributed by atoms with E-state index in [0.29, 0.717) is 55.8 Å². The van der Waals surface area contributed by atoms with Gasteiger partial charge in [-0.2, -0.15) is 13.2 Å². The minimum atomic E-state index is -4.61. The summed E-state index contributed by atoms with van der Waals surface area (Å²) >= 11 is 0. The molecule has 2 aromatic carbocycles. The number of aromatic nitrogens is 1. The fraction of sp³-hybridized carbons (Fsp3) is 0.581. The van der Waals surface area contributed by atoms with Gasteiger partial charge >= 0.3 is 12.2 Å². The second kappa shape index (κ2) is 19.4. The standard InChI is InChI=1S/C43H57F4N5O5/c1-5-27(3)30(26-49-41(56)48-16-17-52-18-20-57-21-19-52)23-38(54)42(15-14-37-34(25-42)32-11-9-12-35(39(32)50-37)43(45,46)47)51-40(55)33(28(4)6-2)24-31(53)22-29-10-7-8-13-36(29)44/h7-13,27-28,30,33,50H,5-6,14-26H2,1-4H3,(H,51,55)(H2,48,49,56)/t27?,28?,30-,33+,42-/m1/s1. The lowest BCUT2D eigenvalue weighted by Crippen LogP contribution is -2.60. The molecule has 5 rings (SSSR count). The van der Waals surface area contributed by atoms with E-state index in [4.69, 9.17) is 4.74 Å². The molecule has 0 bridgehead atoms. The summed E-state index contributed by atoms with van der Waals surface area (Å²) in [4.78, 5) is 60.8. The fourth-order valence-electron chi connectivity index (χ4n) is 8.14. The molecule has 5 atom stereocenters. The van der Waals surface area contributed by atoms with Crippen LogP contribution in [0.3, 0.4) is 0 Å². The molecule has 0 radical (unpaired) electrons. The first-order valence-electron chi connectivity index (χ1n) is 20.3. The smallest absolute Gasteiger partial charge is 0.379 e. The van der Waals surface area contributed by atoms with Gasteiger partial charge in [0.05, 0.1) is 24.3 Å². The van der Waals surface area contributed by atoms with Crippen LogP contribution in [0.4, 0.5) is 22.4 Å². The topological polar surface area (TPSA) is 133 Å². The second-order valence-corrected chi connectivity index (χ2v) is 15.9. The van der Waals surface area contributed by atoms with E-state index in [2.05, 4.69) is 25.8 Å². The number of ketones is 2. The third-order valence-corrected chi connectivity index (χ3v) is 12.2. The molecular formula is C43H57F4N5O5. The van der Waals surface area contributed by atoms with E-state index in [9.17, 15) is 36.7 Å². The molecule has 14 heteroatoms. The number of urea groups is 1. The quantitative estimate of drug-likeness (QED) is 0.105. The number of fused-ring (bicyclic) bond motifs is 3. The van der Waals surface area contributed by atoms with Crippen LogP contribution in [-0.4, -0.2) is 84.9 Å². The number of aromatic amines is 1. The minimum Gasteiger partial charge on any atom is -0.379 e. The zero-order valence-electron chi connectivity index (χ0n) is 33.5. The first-order valence-corrected chi connectivity index (χ1v) is 20.3. The van der Waals surface area contributed by atoms with Crippen LogP contribution in [0.15, 0.2) is 42.5 Å². The molecule has 2 aliphatic rings. The van der Waals surface area contributed by atoms with Gasteiger partial charge in [-0.25, -0.2) is 9.18 Å². The summed E-state index contributed by atoms with van der Waals surface area (Å²) in [6.07, 6.45) is -3.45. The predicted molar refractivity (Wildman–Crippen MR) is 210 cm³/mol. The van der Waals surface area contributed by atoms with Crippen LogP contribution in [0.2, 0.25) is 0 Å². The van der Waals surface area contributed by atoms with Gasteiger partial charge in [-0.1, -0.05) is 70.9 Å². The number of morpholine rings is 1. The lowest BCUT2D eigenvalue weighted by Gasteiger charge is -2.40. The van der Waals surface area contributed by atoms with Crippen LogP contribution in [0.1, 0.15) is 82.2 Å². The lowest BCUT2D eigenvalue weighted by atomic mass is 9.72. The first kappa shape index (κ1) is 43.8. The number of aryl methyl sites for hydroxylation is 1. The number of Topliss-reactive ketones (excluding diaryl/α,β-unsaturated/α-hetero) is 2. The van der Waals surface area contributed by atoms with Gasteiger partial charge in [0.25, 0.3) is 0 Å². The Labute approximate surface area is 332 Å². The first-order chi connectivity index (χ1) is 27.2. The van der Waals surface area contributed by atoms with Gasteiger partial charge in [0.15, 0.2) is 5.78 Å². The molecular weight excluding hydrogens is 742 g/mol. The van der Waals surface area contributed by atoms with E-state index in [0.717, 1.165) is 19.2 Å². The number of alkyl halides is 3. The Bertz CT molecular complexity index is 1880. The van der Waals surface area contributed by atoms with Crippen molar-refractivity contribution in [2.75, 3.05) is 45.9 Å². The van der Waals surface area contributed by atoms with Crippen LogP contribution < -0.4 is 16.0 Å². The average molecular weight is 800 g/mol. The Hall–Kier alpha value is -4.30. The molecule has 3 amide bonds. The van der Waals surface area contributed by atoms with E-state index in [1.54, 1.807) is 12.1 Å². The zero-order chi connectivity index (χ0) is 41.3. The highest BCUT2D eigenvalue weighted by atomic mass is 19.4. The maximum atomic E-state index is 14.9. The number of carbonyl (C=O) groups excluding carboxylic acids is 4. The number of para-hydroxylation sites is 1. The SMILES string of the molecule is CCC(C)[C@@H](CNC(=O)NCCN1CCOCC1)CC(=O)[C@@]1(NC(=O)[C@@H](CC(=O)Cc2ccccc2F)C(C)CC)CCc2[nH]c3c(C(F)(F)F)cccc3c2C1. The van der Waals surface area contributed by atoms with Crippen molar-refractivity contribution in [3.05, 3.63) is 70.7 Å². The number of hydrogen-bond donors (Lipinski definition) is 4. The van der Waals surface area contributed by atoms with Crippen molar-refractivity contribution in [1.29, 1.82) is 0 Å². The molecule has 312 valence electrons. The maximum absolute atomic E-state index is 14.9. The number of halogens is 4. The molecule has 1 aliphatic carbocycles. The molecule has 3 aromatic rings. The van der Waals surface area contributed by atoms with Gasteiger partial charge in [0, 0.05) is 75.4 Å². The zero-order valence-corrected chi connectivity index (χ0v) is 33.5. The van der Waals surface area contributed by atoms with Crippen molar-refractivity contribution in [3.8, 4) is 0 Å². The van der Waals surface area contributed by atoms with Gasteiger partial charge in [-0.3, -0.25) is 19.3 Å². The molecule has 1 saturated heterocycles. The van der Waals surface area contributed by atoms with E-state index in [-0.39, 0.29) is 91.5 Å². The largest absolute Gasteiger partial charge is 0.418 e. The van der Waals surface area contributed by atoms with Crippen LogP contribution >= 0.6 is 0 Å².